The molecule has 0 spiro atoms. The standard InChI is InChI=1S/C20H22N4O3/c1-23-8-9-24-16-6-5-14(11-15(16)22-19(24)12-23)21-20(25)13-4-7-17(26-2)18(10-13)27-3/h4-7,10-11H,8-9,12H2,1-3H3,(H,21,25). The number of anilines is 1. The number of benzene rings is 2. The number of ether oxygens (including phenoxy) is 2. The van der Waals surface area contributed by atoms with Crippen LogP contribution in [0.1, 0.15) is 16.2 Å². The summed E-state index contributed by atoms with van der Waals surface area (Å²) in [6, 6.07) is 10.9. The van der Waals surface area contributed by atoms with Gasteiger partial charge in [0.25, 0.3) is 5.91 Å². The van der Waals surface area contributed by atoms with E-state index in [1.807, 2.05) is 18.2 Å². The Hall–Kier alpha value is -3.06. The van der Waals surface area contributed by atoms with Crippen molar-refractivity contribution in [3.63, 3.8) is 0 Å². The van der Waals surface area contributed by atoms with Crippen molar-refractivity contribution >= 4 is 22.6 Å². The zero-order chi connectivity index (χ0) is 19.0. The molecule has 0 saturated carbocycles. The van der Waals surface area contributed by atoms with Crippen LogP contribution in [0.4, 0.5) is 5.69 Å². The van der Waals surface area contributed by atoms with E-state index in [1.54, 1.807) is 32.4 Å². The van der Waals surface area contributed by atoms with Crippen LogP contribution >= 0.6 is 0 Å². The third kappa shape index (κ3) is 3.21. The number of fused-ring (bicyclic) bond motifs is 3. The van der Waals surface area contributed by atoms with Gasteiger partial charge in [-0.25, -0.2) is 4.98 Å². The molecular formula is C20H22N4O3. The average Bonchev–Trinajstić information content (AvgIpc) is 3.03. The van der Waals surface area contributed by atoms with Gasteiger partial charge in [-0.1, -0.05) is 0 Å². The Labute approximate surface area is 157 Å². The van der Waals surface area contributed by atoms with Gasteiger partial charge in [0.1, 0.15) is 5.82 Å². The number of aromatic nitrogens is 2. The third-order valence-corrected chi connectivity index (χ3v) is 4.85. The van der Waals surface area contributed by atoms with Crippen LogP contribution in [0.25, 0.3) is 11.0 Å². The van der Waals surface area contributed by atoms with Gasteiger partial charge in [-0.2, -0.15) is 0 Å². The molecule has 0 aliphatic carbocycles. The summed E-state index contributed by atoms with van der Waals surface area (Å²) in [4.78, 5) is 19.6. The van der Waals surface area contributed by atoms with E-state index in [2.05, 4.69) is 21.8 Å². The smallest absolute Gasteiger partial charge is 0.255 e. The van der Waals surface area contributed by atoms with Gasteiger partial charge in [0.15, 0.2) is 11.5 Å². The molecule has 1 aliphatic heterocycles. The highest BCUT2D eigenvalue weighted by atomic mass is 16.5. The van der Waals surface area contributed by atoms with Gasteiger partial charge in [0, 0.05) is 24.3 Å². The molecule has 27 heavy (non-hydrogen) atoms. The molecule has 0 atom stereocenters. The fraction of sp³-hybridized carbons (Fsp3) is 0.300. The quantitative estimate of drug-likeness (QED) is 0.769. The molecule has 2 aromatic carbocycles. The van der Waals surface area contributed by atoms with Gasteiger partial charge >= 0.3 is 0 Å². The molecule has 0 fully saturated rings. The first-order valence-electron chi connectivity index (χ1n) is 8.80. The number of hydrogen-bond donors (Lipinski definition) is 1. The topological polar surface area (TPSA) is 68.6 Å². The highest BCUT2D eigenvalue weighted by molar-refractivity contribution is 6.05. The van der Waals surface area contributed by atoms with E-state index in [1.165, 1.54) is 0 Å². The lowest BCUT2D eigenvalue weighted by atomic mass is 10.1. The minimum absolute atomic E-state index is 0.209. The summed E-state index contributed by atoms with van der Waals surface area (Å²) in [5.74, 6) is 1.96. The number of imidazole rings is 1. The lowest BCUT2D eigenvalue weighted by Gasteiger charge is -2.23. The predicted molar refractivity (Wildman–Crippen MR) is 104 cm³/mol. The van der Waals surface area contributed by atoms with Gasteiger partial charge < -0.3 is 19.4 Å². The summed E-state index contributed by atoms with van der Waals surface area (Å²) in [5, 5.41) is 2.93. The fourth-order valence-electron chi connectivity index (χ4n) is 3.40. The van der Waals surface area contributed by atoms with E-state index >= 15 is 0 Å². The molecular weight excluding hydrogens is 344 g/mol. The molecule has 140 valence electrons. The number of nitrogens with one attached hydrogen (secondary N) is 1. The van der Waals surface area contributed by atoms with Crippen molar-refractivity contribution < 1.29 is 14.3 Å². The predicted octanol–water partition coefficient (Wildman–Crippen LogP) is 2.75. The molecule has 7 heteroatoms. The number of hydrogen-bond acceptors (Lipinski definition) is 5. The summed E-state index contributed by atoms with van der Waals surface area (Å²) < 4.78 is 12.7. The van der Waals surface area contributed by atoms with E-state index in [0.717, 1.165) is 36.5 Å². The van der Waals surface area contributed by atoms with Crippen LogP contribution in [0.5, 0.6) is 11.5 Å². The van der Waals surface area contributed by atoms with Crippen LogP contribution < -0.4 is 14.8 Å². The van der Waals surface area contributed by atoms with E-state index < -0.39 is 0 Å². The number of nitrogens with zero attached hydrogens (tertiary/aromatic N) is 3. The minimum Gasteiger partial charge on any atom is -0.493 e. The Morgan fingerprint density at radius 3 is 2.67 bits per heavy atom. The van der Waals surface area contributed by atoms with E-state index in [-0.39, 0.29) is 5.91 Å². The number of likely N-dealkylation sites (N-methyl/N-ethyl adjacent to an activating group) is 1. The molecule has 1 N–H and O–H groups in total. The minimum atomic E-state index is -0.209. The largest absolute Gasteiger partial charge is 0.493 e. The third-order valence-electron chi connectivity index (χ3n) is 4.85. The summed E-state index contributed by atoms with van der Waals surface area (Å²) in [6.07, 6.45) is 0. The number of methoxy groups -OCH3 is 2. The molecule has 1 amide bonds. The summed E-state index contributed by atoms with van der Waals surface area (Å²) in [5.41, 5.74) is 3.21. The number of rotatable bonds is 4. The van der Waals surface area contributed by atoms with Crippen LogP contribution in [-0.4, -0.2) is 48.2 Å². The number of carbonyl (C=O) groups is 1. The van der Waals surface area contributed by atoms with Crippen LogP contribution in [0.3, 0.4) is 0 Å². The van der Waals surface area contributed by atoms with Gasteiger partial charge in [-0.3, -0.25) is 9.69 Å². The number of carbonyl (C=O) groups excluding carboxylic acids is 1. The van der Waals surface area contributed by atoms with Crippen molar-refractivity contribution in [3.05, 3.63) is 47.8 Å². The van der Waals surface area contributed by atoms with E-state index in [9.17, 15) is 4.79 Å². The second kappa shape index (κ2) is 6.92. The van der Waals surface area contributed by atoms with Gasteiger partial charge in [-0.15, -0.1) is 0 Å². The lowest BCUT2D eigenvalue weighted by molar-refractivity contribution is 0.102. The molecule has 0 unspecified atom stereocenters. The Balaban J connectivity index is 1.59. The van der Waals surface area contributed by atoms with Gasteiger partial charge in [-0.05, 0) is 43.4 Å². The van der Waals surface area contributed by atoms with Crippen molar-refractivity contribution in [1.82, 2.24) is 14.5 Å². The summed E-state index contributed by atoms with van der Waals surface area (Å²) in [6.45, 7) is 2.78. The molecule has 4 rings (SSSR count). The van der Waals surface area contributed by atoms with Crippen molar-refractivity contribution in [2.75, 3.05) is 33.1 Å². The first kappa shape index (κ1) is 17.4. The highest BCUT2D eigenvalue weighted by Crippen LogP contribution is 2.28. The van der Waals surface area contributed by atoms with Crippen molar-refractivity contribution in [3.8, 4) is 11.5 Å². The zero-order valence-electron chi connectivity index (χ0n) is 15.7. The van der Waals surface area contributed by atoms with Crippen LogP contribution in [0, 0.1) is 0 Å². The second-order valence-electron chi connectivity index (χ2n) is 6.64. The van der Waals surface area contributed by atoms with Crippen LogP contribution in [0.15, 0.2) is 36.4 Å². The maximum atomic E-state index is 12.6. The summed E-state index contributed by atoms with van der Waals surface area (Å²) in [7, 11) is 5.21. The van der Waals surface area contributed by atoms with Crippen molar-refractivity contribution in [2.24, 2.45) is 0 Å². The Kier molecular flexibility index (Phi) is 4.45. The monoisotopic (exact) mass is 366 g/mol. The Morgan fingerprint density at radius 1 is 1.07 bits per heavy atom. The van der Waals surface area contributed by atoms with E-state index in [0.29, 0.717) is 22.7 Å². The van der Waals surface area contributed by atoms with Gasteiger partial charge in [0.2, 0.25) is 0 Å². The first-order chi connectivity index (χ1) is 13.1. The highest BCUT2D eigenvalue weighted by Gasteiger charge is 2.18. The maximum absolute atomic E-state index is 12.6. The average molecular weight is 366 g/mol. The first-order valence-corrected chi connectivity index (χ1v) is 8.80. The molecule has 0 bridgehead atoms. The molecule has 3 aromatic rings. The molecule has 1 aromatic heterocycles. The number of amides is 1. The SMILES string of the molecule is COc1ccc(C(=O)Nc2ccc3c(c2)nc2n3CCN(C)C2)cc1OC. The zero-order valence-corrected chi connectivity index (χ0v) is 15.7. The molecule has 1 aliphatic rings. The van der Waals surface area contributed by atoms with E-state index in [4.69, 9.17) is 14.5 Å². The summed E-state index contributed by atoms with van der Waals surface area (Å²) >= 11 is 0. The molecule has 7 nitrogen and oxygen atoms in total. The van der Waals surface area contributed by atoms with Crippen LogP contribution in [-0.2, 0) is 13.1 Å². The Bertz CT molecular complexity index is 1010. The lowest BCUT2D eigenvalue weighted by Crippen LogP contribution is -2.30. The second-order valence-corrected chi connectivity index (χ2v) is 6.64. The van der Waals surface area contributed by atoms with Crippen molar-refractivity contribution in [2.45, 2.75) is 13.1 Å². The van der Waals surface area contributed by atoms with Crippen LogP contribution in [0.2, 0.25) is 0 Å². The molecule has 0 radical (unpaired) electrons. The van der Waals surface area contributed by atoms with Gasteiger partial charge in [0.05, 0.1) is 31.8 Å². The van der Waals surface area contributed by atoms with Crippen molar-refractivity contribution in [1.29, 1.82) is 0 Å². The Morgan fingerprint density at radius 2 is 1.89 bits per heavy atom. The normalized spacial score (nSPS) is 14.0. The maximum Gasteiger partial charge on any atom is 0.255 e. The fourth-order valence-corrected chi connectivity index (χ4v) is 3.40. The molecule has 2 heterocycles. The molecule has 0 saturated heterocycles.